The lowest BCUT2D eigenvalue weighted by Crippen LogP contribution is -2.31. The Labute approximate surface area is 176 Å². The minimum absolute atomic E-state index is 0.158. The summed E-state index contributed by atoms with van der Waals surface area (Å²) < 4.78 is 1.76. The predicted molar refractivity (Wildman–Crippen MR) is 120 cm³/mol. The summed E-state index contributed by atoms with van der Waals surface area (Å²) in [5.74, 6) is 0.465. The van der Waals surface area contributed by atoms with Crippen LogP contribution in [-0.4, -0.2) is 34.8 Å². The maximum absolute atomic E-state index is 13.4. The van der Waals surface area contributed by atoms with Gasteiger partial charge in [-0.1, -0.05) is 29.8 Å². The van der Waals surface area contributed by atoms with Gasteiger partial charge in [0.25, 0.3) is 5.91 Å². The molecule has 0 saturated carbocycles. The average Bonchev–Trinajstić information content (AvgIpc) is 3.17. The van der Waals surface area contributed by atoms with Gasteiger partial charge in [-0.2, -0.15) is 10.1 Å². The van der Waals surface area contributed by atoms with Crippen LogP contribution in [0.5, 0.6) is 0 Å². The highest BCUT2D eigenvalue weighted by molar-refractivity contribution is 6.06. The van der Waals surface area contributed by atoms with Crippen molar-refractivity contribution in [2.24, 2.45) is 0 Å². The van der Waals surface area contributed by atoms with Crippen molar-refractivity contribution in [3.8, 4) is 0 Å². The van der Waals surface area contributed by atoms with Crippen molar-refractivity contribution < 1.29 is 4.79 Å². The zero-order valence-corrected chi connectivity index (χ0v) is 17.9. The number of benzene rings is 2. The first-order valence-electron chi connectivity index (χ1n) is 9.88. The number of carbonyl (C=O) groups excluding carboxylic acids is 1. The van der Waals surface area contributed by atoms with Crippen LogP contribution >= 0.6 is 0 Å². The zero-order valence-electron chi connectivity index (χ0n) is 17.9. The summed E-state index contributed by atoms with van der Waals surface area (Å²) in [4.78, 5) is 19.8. The third-order valence-corrected chi connectivity index (χ3v) is 5.39. The normalized spacial score (nSPS) is 15.4. The maximum atomic E-state index is 13.4. The summed E-state index contributed by atoms with van der Waals surface area (Å²) in [5, 5.41) is 10.7. The van der Waals surface area contributed by atoms with Crippen LogP contribution in [0.15, 0.2) is 60.1 Å². The van der Waals surface area contributed by atoms with Gasteiger partial charge in [0.1, 0.15) is 12.4 Å². The predicted octanol–water partition coefficient (Wildman–Crippen LogP) is 3.89. The standard InChI is InChI=1S/C23H26N6O/c1-14-6-11-19(15(2)12-14)27-22(30)20-16(3)26-23-24-13-25-29(23)21(20)17-7-9-18(10-8-17)28(4)5/h6-13,21H,1-5H3,(H,27,30)(H,24,25,26)/t21-/m0/s1. The number of hydrogen-bond acceptors (Lipinski definition) is 5. The van der Waals surface area contributed by atoms with Crippen LogP contribution in [-0.2, 0) is 4.79 Å². The van der Waals surface area contributed by atoms with Crippen LogP contribution in [0.1, 0.15) is 29.7 Å². The molecule has 7 nitrogen and oxygen atoms in total. The molecule has 30 heavy (non-hydrogen) atoms. The number of aromatic nitrogens is 3. The molecule has 3 aromatic rings. The van der Waals surface area contributed by atoms with Gasteiger partial charge in [-0.15, -0.1) is 0 Å². The molecule has 0 radical (unpaired) electrons. The van der Waals surface area contributed by atoms with Gasteiger partial charge in [-0.05, 0) is 50.1 Å². The minimum Gasteiger partial charge on any atom is -0.378 e. The lowest BCUT2D eigenvalue weighted by atomic mass is 9.94. The third kappa shape index (κ3) is 3.54. The topological polar surface area (TPSA) is 75.1 Å². The Balaban J connectivity index is 1.74. The molecule has 4 rings (SSSR count). The summed E-state index contributed by atoms with van der Waals surface area (Å²) in [6.07, 6.45) is 1.50. The number of nitrogens with one attached hydrogen (secondary N) is 2. The number of carbonyl (C=O) groups is 1. The first kappa shape index (κ1) is 19.7. The summed E-state index contributed by atoms with van der Waals surface area (Å²) in [6.45, 7) is 5.93. The first-order valence-corrected chi connectivity index (χ1v) is 9.88. The van der Waals surface area contributed by atoms with E-state index in [0.29, 0.717) is 11.5 Å². The molecule has 7 heteroatoms. The highest BCUT2D eigenvalue weighted by atomic mass is 16.1. The number of fused-ring (bicyclic) bond motifs is 1. The smallest absolute Gasteiger partial charge is 0.255 e. The fourth-order valence-corrected chi connectivity index (χ4v) is 3.79. The van der Waals surface area contributed by atoms with Crippen molar-refractivity contribution in [1.82, 2.24) is 14.8 Å². The molecule has 0 spiro atoms. The van der Waals surface area contributed by atoms with Crippen LogP contribution < -0.4 is 15.5 Å². The molecule has 154 valence electrons. The summed E-state index contributed by atoms with van der Waals surface area (Å²) in [7, 11) is 4.00. The third-order valence-electron chi connectivity index (χ3n) is 5.39. The van der Waals surface area contributed by atoms with Crippen LogP contribution in [0.4, 0.5) is 17.3 Å². The van der Waals surface area contributed by atoms with Crippen molar-refractivity contribution in [2.45, 2.75) is 26.8 Å². The van der Waals surface area contributed by atoms with E-state index in [1.165, 1.54) is 6.33 Å². The fraction of sp³-hybridized carbons (Fsp3) is 0.261. The summed E-state index contributed by atoms with van der Waals surface area (Å²) >= 11 is 0. The van der Waals surface area contributed by atoms with Gasteiger partial charge in [0.15, 0.2) is 0 Å². The van der Waals surface area contributed by atoms with Crippen molar-refractivity contribution in [1.29, 1.82) is 0 Å². The van der Waals surface area contributed by atoms with E-state index < -0.39 is 0 Å². The highest BCUT2D eigenvalue weighted by Gasteiger charge is 2.33. The van der Waals surface area contributed by atoms with Crippen LogP contribution in [0.2, 0.25) is 0 Å². The van der Waals surface area contributed by atoms with Crippen LogP contribution in [0.25, 0.3) is 0 Å². The average molecular weight is 403 g/mol. The first-order chi connectivity index (χ1) is 14.3. The highest BCUT2D eigenvalue weighted by Crippen LogP contribution is 2.36. The van der Waals surface area contributed by atoms with Gasteiger partial charge in [0.05, 0.1) is 5.57 Å². The number of amides is 1. The molecular weight excluding hydrogens is 376 g/mol. The molecule has 1 aliphatic rings. The van der Waals surface area contributed by atoms with Gasteiger partial charge < -0.3 is 15.5 Å². The molecule has 1 atom stereocenters. The molecule has 2 N–H and O–H groups in total. The van der Waals surface area contributed by atoms with Gasteiger partial charge in [0.2, 0.25) is 5.95 Å². The number of rotatable bonds is 4. The SMILES string of the molecule is CC1=C(C(=O)Nc2ccc(C)cc2C)[C@H](c2ccc(N(C)C)cc2)n2ncnc2N1. The Bertz CT molecular complexity index is 1130. The molecule has 0 fully saturated rings. The van der Waals surface area contributed by atoms with Crippen molar-refractivity contribution >= 4 is 23.2 Å². The van der Waals surface area contributed by atoms with E-state index in [1.54, 1.807) is 4.68 Å². The Morgan fingerprint density at radius 1 is 1.10 bits per heavy atom. The molecule has 0 aliphatic carbocycles. The maximum Gasteiger partial charge on any atom is 0.255 e. The number of anilines is 3. The Morgan fingerprint density at radius 2 is 1.83 bits per heavy atom. The second kappa shape index (κ2) is 7.67. The molecule has 1 aromatic heterocycles. The number of aryl methyl sites for hydroxylation is 2. The molecule has 0 bridgehead atoms. The van der Waals surface area contributed by atoms with Gasteiger partial charge >= 0.3 is 0 Å². The molecule has 0 unspecified atom stereocenters. The van der Waals surface area contributed by atoms with Crippen LogP contribution in [0.3, 0.4) is 0 Å². The molecule has 1 aliphatic heterocycles. The molecule has 1 amide bonds. The van der Waals surface area contributed by atoms with E-state index in [9.17, 15) is 4.79 Å². The molecule has 2 heterocycles. The van der Waals surface area contributed by atoms with Crippen LogP contribution in [0, 0.1) is 13.8 Å². The lowest BCUT2D eigenvalue weighted by molar-refractivity contribution is -0.113. The van der Waals surface area contributed by atoms with E-state index >= 15 is 0 Å². The quantitative estimate of drug-likeness (QED) is 0.693. The largest absolute Gasteiger partial charge is 0.378 e. The molecule has 0 saturated heterocycles. The van der Waals surface area contributed by atoms with Gasteiger partial charge in [0, 0.05) is 31.2 Å². The Kier molecular flexibility index (Phi) is 5.03. The van der Waals surface area contributed by atoms with E-state index in [0.717, 1.165) is 33.8 Å². The second-order valence-corrected chi connectivity index (χ2v) is 7.85. The van der Waals surface area contributed by atoms with Crippen molar-refractivity contribution in [2.75, 3.05) is 29.6 Å². The number of hydrogen-bond donors (Lipinski definition) is 2. The molecule has 2 aromatic carbocycles. The second-order valence-electron chi connectivity index (χ2n) is 7.85. The lowest BCUT2D eigenvalue weighted by Gasteiger charge is -2.29. The zero-order chi connectivity index (χ0) is 21.4. The van der Waals surface area contributed by atoms with Crippen molar-refractivity contribution in [3.05, 3.63) is 76.8 Å². The number of nitrogens with zero attached hydrogens (tertiary/aromatic N) is 4. The van der Waals surface area contributed by atoms with Gasteiger partial charge in [-0.3, -0.25) is 4.79 Å². The van der Waals surface area contributed by atoms with Crippen molar-refractivity contribution in [3.63, 3.8) is 0 Å². The van der Waals surface area contributed by atoms with Gasteiger partial charge in [-0.25, -0.2) is 4.68 Å². The van der Waals surface area contributed by atoms with E-state index in [1.807, 2.05) is 76.2 Å². The van der Waals surface area contributed by atoms with E-state index in [4.69, 9.17) is 0 Å². The molecular formula is C23H26N6O. The monoisotopic (exact) mass is 402 g/mol. The summed E-state index contributed by atoms with van der Waals surface area (Å²) in [6, 6.07) is 13.8. The minimum atomic E-state index is -0.370. The fourth-order valence-electron chi connectivity index (χ4n) is 3.79. The summed E-state index contributed by atoms with van der Waals surface area (Å²) in [5.41, 5.74) is 6.43. The van der Waals surface area contributed by atoms with E-state index in [-0.39, 0.29) is 11.9 Å². The number of allylic oxidation sites excluding steroid dienone is 1. The Hall–Kier alpha value is -3.61. The van der Waals surface area contributed by atoms with E-state index in [2.05, 4.69) is 26.8 Å². The Morgan fingerprint density at radius 3 is 2.50 bits per heavy atom.